The summed E-state index contributed by atoms with van der Waals surface area (Å²) in [7, 11) is 1.39. The molecule has 0 aliphatic carbocycles. The van der Waals surface area contributed by atoms with Gasteiger partial charge in [0.05, 0.1) is 5.56 Å². The number of aryl methyl sites for hydroxylation is 1. The van der Waals surface area contributed by atoms with Crippen molar-refractivity contribution in [3.05, 3.63) is 125 Å². The van der Waals surface area contributed by atoms with E-state index in [0.717, 1.165) is 23.3 Å². The van der Waals surface area contributed by atoms with Gasteiger partial charge < -0.3 is 20.7 Å². The van der Waals surface area contributed by atoms with Gasteiger partial charge in [0.15, 0.2) is 0 Å². The smallest absolute Gasteiger partial charge is 0.375 e. The molecule has 1 unspecified atom stereocenters. The zero-order valence-corrected chi connectivity index (χ0v) is 23.5. The molecule has 0 fully saturated rings. The summed E-state index contributed by atoms with van der Waals surface area (Å²) in [5.41, 5.74) is 3.18. The van der Waals surface area contributed by atoms with Crippen LogP contribution in [0.4, 0.5) is 18.9 Å². The highest BCUT2D eigenvalue weighted by Gasteiger charge is 2.30. The highest BCUT2D eigenvalue weighted by molar-refractivity contribution is 6.09. The van der Waals surface area contributed by atoms with Gasteiger partial charge in [-0.25, -0.2) is 0 Å². The van der Waals surface area contributed by atoms with Crippen molar-refractivity contribution in [1.29, 1.82) is 0 Å². The van der Waals surface area contributed by atoms with Crippen LogP contribution in [-0.4, -0.2) is 31.4 Å². The van der Waals surface area contributed by atoms with Crippen molar-refractivity contribution in [1.82, 2.24) is 10.6 Å². The van der Waals surface area contributed by atoms with E-state index in [1.54, 1.807) is 67.6 Å². The van der Waals surface area contributed by atoms with Gasteiger partial charge >= 0.3 is 6.18 Å². The average Bonchev–Trinajstić information content (AvgIpc) is 3.00. The Morgan fingerprint density at radius 2 is 1.53 bits per heavy atom. The van der Waals surface area contributed by atoms with Crippen molar-refractivity contribution < 1.29 is 32.3 Å². The van der Waals surface area contributed by atoms with E-state index >= 15 is 0 Å². The quantitative estimate of drug-likeness (QED) is 0.210. The van der Waals surface area contributed by atoms with Gasteiger partial charge in [-0.2, -0.15) is 13.2 Å². The predicted octanol–water partition coefficient (Wildman–Crippen LogP) is 6.05. The summed E-state index contributed by atoms with van der Waals surface area (Å²) in [5.74, 6) is -1.25. The summed E-state index contributed by atoms with van der Waals surface area (Å²) in [5, 5.41) is 8.40. The van der Waals surface area contributed by atoms with Crippen LogP contribution in [-0.2, 0) is 27.0 Å². The third-order valence-corrected chi connectivity index (χ3v) is 6.68. The normalized spacial score (nSPS) is 11.8. The van der Waals surface area contributed by atoms with Crippen LogP contribution in [0.1, 0.15) is 38.7 Å². The van der Waals surface area contributed by atoms with Crippen molar-refractivity contribution in [2.75, 3.05) is 19.0 Å². The molecule has 43 heavy (non-hydrogen) atoms. The van der Waals surface area contributed by atoms with Crippen LogP contribution < -0.4 is 16.0 Å². The second-order valence-electron chi connectivity index (χ2n) is 9.79. The molecule has 7 nitrogen and oxygen atoms in total. The molecule has 0 saturated carbocycles. The number of alkyl halides is 3. The van der Waals surface area contributed by atoms with Crippen molar-refractivity contribution in [3.8, 4) is 11.1 Å². The van der Waals surface area contributed by atoms with E-state index in [9.17, 15) is 27.6 Å². The fourth-order valence-corrected chi connectivity index (χ4v) is 4.51. The van der Waals surface area contributed by atoms with E-state index in [2.05, 4.69) is 16.0 Å². The Morgan fingerprint density at radius 3 is 2.19 bits per heavy atom. The lowest BCUT2D eigenvalue weighted by Gasteiger charge is -2.19. The van der Waals surface area contributed by atoms with Gasteiger partial charge in [-0.3, -0.25) is 14.4 Å². The molecule has 4 aromatic carbocycles. The first-order valence-electron chi connectivity index (χ1n) is 13.4. The molecular weight excluding hydrogens is 559 g/mol. The largest absolute Gasteiger partial charge is 0.416 e. The van der Waals surface area contributed by atoms with Crippen LogP contribution in [0.2, 0.25) is 0 Å². The first kappa shape index (κ1) is 31.0. The minimum atomic E-state index is -4.45. The summed E-state index contributed by atoms with van der Waals surface area (Å²) in [4.78, 5) is 38.4. The Bertz CT molecular complexity index is 1590. The van der Waals surface area contributed by atoms with E-state index in [4.69, 9.17) is 4.74 Å². The highest BCUT2D eigenvalue weighted by Crippen LogP contribution is 2.32. The van der Waals surface area contributed by atoms with Gasteiger partial charge in [0.2, 0.25) is 11.8 Å². The van der Waals surface area contributed by atoms with Crippen LogP contribution in [0.15, 0.2) is 97.1 Å². The Morgan fingerprint density at radius 1 is 0.860 bits per heavy atom. The van der Waals surface area contributed by atoms with Crippen LogP contribution in [0.25, 0.3) is 11.1 Å². The molecule has 0 bridgehead atoms. The number of amides is 3. The summed E-state index contributed by atoms with van der Waals surface area (Å²) >= 11 is 0. The molecule has 4 aromatic rings. The van der Waals surface area contributed by atoms with E-state index in [1.807, 2.05) is 12.1 Å². The lowest BCUT2D eigenvalue weighted by Crippen LogP contribution is -2.41. The number of hydrogen-bond acceptors (Lipinski definition) is 4. The molecule has 0 heterocycles. The monoisotopic (exact) mass is 589 g/mol. The number of nitrogens with one attached hydrogen (secondary N) is 3. The molecule has 3 N–H and O–H groups in total. The number of methoxy groups -OCH3 is 1. The topological polar surface area (TPSA) is 96.5 Å². The van der Waals surface area contributed by atoms with Crippen molar-refractivity contribution in [2.45, 2.75) is 25.7 Å². The molecule has 0 aliphatic rings. The number of anilines is 1. The summed E-state index contributed by atoms with van der Waals surface area (Å²) in [6.07, 6.45) is -4.45. The molecule has 4 rings (SSSR count). The van der Waals surface area contributed by atoms with Gasteiger partial charge in [-0.1, -0.05) is 72.8 Å². The maximum atomic E-state index is 13.2. The third-order valence-electron chi connectivity index (χ3n) is 6.68. The lowest BCUT2D eigenvalue weighted by atomic mass is 9.98. The lowest BCUT2D eigenvalue weighted by molar-refractivity contribution is -0.137. The Kier molecular flexibility index (Phi) is 9.95. The number of hydrogen-bond donors (Lipinski definition) is 3. The molecule has 3 amide bonds. The van der Waals surface area contributed by atoms with Crippen LogP contribution in [0, 0.1) is 6.92 Å². The maximum absolute atomic E-state index is 13.2. The third kappa shape index (κ3) is 8.08. The van der Waals surface area contributed by atoms with E-state index in [-0.39, 0.29) is 13.2 Å². The zero-order valence-electron chi connectivity index (χ0n) is 23.5. The number of halogens is 3. The first-order chi connectivity index (χ1) is 20.6. The van der Waals surface area contributed by atoms with Crippen LogP contribution >= 0.6 is 0 Å². The van der Waals surface area contributed by atoms with Gasteiger partial charge in [-0.05, 0) is 59.0 Å². The molecule has 0 radical (unpaired) electrons. The molecule has 10 heteroatoms. The number of benzene rings is 4. The highest BCUT2D eigenvalue weighted by atomic mass is 19.4. The van der Waals surface area contributed by atoms with Crippen LogP contribution in [0.5, 0.6) is 0 Å². The first-order valence-corrected chi connectivity index (χ1v) is 13.4. The van der Waals surface area contributed by atoms with Gasteiger partial charge in [0.1, 0.15) is 12.6 Å². The molecule has 1 atom stereocenters. The van der Waals surface area contributed by atoms with Crippen LogP contribution in [0.3, 0.4) is 0 Å². The summed E-state index contributed by atoms with van der Waals surface area (Å²) in [6, 6.07) is 24.6. The Balaban J connectivity index is 1.44. The number of carbonyl (C=O) groups excluding carboxylic acids is 3. The van der Waals surface area contributed by atoms with Crippen molar-refractivity contribution in [2.24, 2.45) is 0 Å². The minimum absolute atomic E-state index is 0.175. The van der Waals surface area contributed by atoms with E-state index in [1.165, 1.54) is 19.2 Å². The number of ether oxygens (including phenoxy) is 1. The molecule has 0 aromatic heterocycles. The van der Waals surface area contributed by atoms with Crippen molar-refractivity contribution >= 4 is 23.4 Å². The van der Waals surface area contributed by atoms with Gasteiger partial charge in [0, 0.05) is 24.9 Å². The molecule has 222 valence electrons. The second kappa shape index (κ2) is 13.8. The zero-order chi connectivity index (χ0) is 31.0. The summed E-state index contributed by atoms with van der Waals surface area (Å²) in [6.45, 7) is 1.80. The average molecular weight is 590 g/mol. The molecule has 0 saturated heterocycles. The fraction of sp³-hybridized carbons (Fsp3) is 0.182. The van der Waals surface area contributed by atoms with Gasteiger partial charge in [0.25, 0.3) is 5.91 Å². The van der Waals surface area contributed by atoms with E-state index in [0.29, 0.717) is 27.9 Å². The standard InChI is InChI=1S/C33H30F3N3O4/c1-21-18-22(19-37-32(42)30(39-29(40)20-43-2)24-8-4-3-5-9-24)12-17-28(21)38-31(41)27-11-7-6-10-26(27)23-13-15-25(16-14-23)33(34,35)36/h3-18,30H,19-20H2,1-2H3,(H,37,42)(H,38,41)(H,39,40). The minimum Gasteiger partial charge on any atom is -0.375 e. The molecular formula is C33H30F3N3O4. The number of rotatable bonds is 10. The SMILES string of the molecule is COCC(=O)NC(C(=O)NCc1ccc(NC(=O)c2ccccc2-c2ccc(C(F)(F)F)cc2)c(C)c1)c1ccccc1. The predicted molar refractivity (Wildman–Crippen MR) is 157 cm³/mol. The molecule has 0 aliphatic heterocycles. The number of carbonyl (C=O) groups is 3. The van der Waals surface area contributed by atoms with Crippen molar-refractivity contribution in [3.63, 3.8) is 0 Å². The second-order valence-corrected chi connectivity index (χ2v) is 9.79. The fourth-order valence-electron chi connectivity index (χ4n) is 4.51. The van der Waals surface area contributed by atoms with Gasteiger partial charge in [-0.15, -0.1) is 0 Å². The maximum Gasteiger partial charge on any atom is 0.416 e. The van der Waals surface area contributed by atoms with E-state index < -0.39 is 35.5 Å². The molecule has 0 spiro atoms. The Hall–Kier alpha value is -4.96. The Labute approximate surface area is 247 Å². The summed E-state index contributed by atoms with van der Waals surface area (Å²) < 4.78 is 43.9.